The second kappa shape index (κ2) is 4.42. The molecule has 0 atom stereocenters. The van der Waals surface area contributed by atoms with Gasteiger partial charge in [-0.15, -0.1) is 0 Å². The van der Waals surface area contributed by atoms with E-state index in [0.717, 1.165) is 0 Å². The molecule has 0 bridgehead atoms. The second-order valence-corrected chi connectivity index (χ2v) is 1.62. The zero-order valence-electron chi connectivity index (χ0n) is 5.60. The molecule has 2 N–H and O–H groups in total. The molecule has 0 radical (unpaired) electrons. The van der Waals surface area contributed by atoms with Crippen LogP contribution < -0.4 is 0 Å². The molecule has 0 aliphatic carbocycles. The van der Waals surface area contributed by atoms with Crippen molar-refractivity contribution in [2.45, 2.75) is 6.92 Å². The van der Waals surface area contributed by atoms with Crippen molar-refractivity contribution in [3.8, 4) is 0 Å². The maximum absolute atomic E-state index is 10.3. The van der Waals surface area contributed by atoms with Gasteiger partial charge in [-0.3, -0.25) is 9.78 Å². The molecular formula is C5H6O6. The summed E-state index contributed by atoms with van der Waals surface area (Å²) in [6, 6.07) is 0. The summed E-state index contributed by atoms with van der Waals surface area (Å²) in [4.78, 5) is 27.0. The van der Waals surface area contributed by atoms with Gasteiger partial charge in [0.15, 0.2) is 0 Å². The first-order chi connectivity index (χ1) is 5.11. The van der Waals surface area contributed by atoms with Crippen molar-refractivity contribution in [2.75, 3.05) is 0 Å². The predicted octanol–water partition coefficient (Wildman–Crippen LogP) is -0.0349. The Morgan fingerprint density at radius 1 is 1.27 bits per heavy atom. The quantitative estimate of drug-likeness (QED) is 0.336. The molecule has 11 heavy (non-hydrogen) atoms. The lowest BCUT2D eigenvalue weighted by Gasteiger charge is -1.93. The Morgan fingerprint density at radius 2 is 1.82 bits per heavy atom. The summed E-state index contributed by atoms with van der Waals surface area (Å²) in [7, 11) is 0. The van der Waals surface area contributed by atoms with Gasteiger partial charge in [0.25, 0.3) is 0 Å². The number of carbonyl (C=O) groups excluding carboxylic acids is 2. The van der Waals surface area contributed by atoms with Crippen molar-refractivity contribution in [1.29, 1.82) is 0 Å². The summed E-state index contributed by atoms with van der Waals surface area (Å²) in [5.74, 6) is -2.21. The van der Waals surface area contributed by atoms with E-state index in [1.807, 2.05) is 0 Å². The molecule has 0 amide bonds. The van der Waals surface area contributed by atoms with Crippen LogP contribution in [0.5, 0.6) is 0 Å². The van der Waals surface area contributed by atoms with Crippen molar-refractivity contribution in [3.05, 3.63) is 11.6 Å². The van der Waals surface area contributed by atoms with Crippen LogP contribution in [0.15, 0.2) is 11.6 Å². The lowest BCUT2D eigenvalue weighted by Crippen LogP contribution is -2.05. The normalized spacial score (nSPS) is 10.6. The lowest BCUT2D eigenvalue weighted by molar-refractivity contribution is -0.231. The van der Waals surface area contributed by atoms with Crippen LogP contribution in [-0.2, 0) is 19.4 Å². The molecule has 6 heteroatoms. The van der Waals surface area contributed by atoms with Gasteiger partial charge in [-0.2, -0.15) is 10.5 Å². The van der Waals surface area contributed by atoms with Gasteiger partial charge in [-0.1, -0.05) is 0 Å². The lowest BCUT2D eigenvalue weighted by atomic mass is 10.3. The fourth-order valence-corrected chi connectivity index (χ4v) is 0.334. The van der Waals surface area contributed by atoms with E-state index in [0.29, 0.717) is 6.08 Å². The molecule has 62 valence electrons. The topological polar surface area (TPSA) is 93.1 Å². The summed E-state index contributed by atoms with van der Waals surface area (Å²) in [5.41, 5.74) is -0.188. The van der Waals surface area contributed by atoms with Crippen LogP contribution in [-0.4, -0.2) is 22.5 Å². The first-order valence-electron chi connectivity index (χ1n) is 2.51. The molecule has 6 nitrogen and oxygen atoms in total. The molecule has 0 saturated heterocycles. The van der Waals surface area contributed by atoms with Gasteiger partial charge in [0.1, 0.15) is 0 Å². The Labute approximate surface area is 61.5 Å². The van der Waals surface area contributed by atoms with Gasteiger partial charge in [0.2, 0.25) is 0 Å². The van der Waals surface area contributed by atoms with Crippen LogP contribution in [0.1, 0.15) is 6.92 Å². The van der Waals surface area contributed by atoms with Gasteiger partial charge in [0, 0.05) is 11.6 Å². The van der Waals surface area contributed by atoms with Crippen molar-refractivity contribution in [2.24, 2.45) is 0 Å². The van der Waals surface area contributed by atoms with Crippen LogP contribution in [0.3, 0.4) is 0 Å². The summed E-state index contributed by atoms with van der Waals surface area (Å²) < 4.78 is 0. The third-order valence-corrected chi connectivity index (χ3v) is 0.829. The third kappa shape index (κ3) is 3.33. The van der Waals surface area contributed by atoms with Crippen molar-refractivity contribution >= 4 is 11.9 Å². The summed E-state index contributed by atoms with van der Waals surface area (Å²) in [6.07, 6.45) is 0.665. The van der Waals surface area contributed by atoms with Crippen LogP contribution >= 0.6 is 0 Å². The van der Waals surface area contributed by atoms with Gasteiger partial charge in [0.05, 0.1) is 0 Å². The number of hydrogen-bond donors (Lipinski definition) is 2. The number of carbonyl (C=O) groups is 2. The Bertz CT molecular complexity index is 193. The highest BCUT2D eigenvalue weighted by Crippen LogP contribution is 1.95. The van der Waals surface area contributed by atoms with Crippen LogP contribution in [0.4, 0.5) is 0 Å². The fraction of sp³-hybridized carbons (Fsp3) is 0.200. The predicted molar refractivity (Wildman–Crippen MR) is 31.2 cm³/mol. The number of rotatable bonds is 2. The van der Waals surface area contributed by atoms with E-state index >= 15 is 0 Å². The first-order valence-corrected chi connectivity index (χ1v) is 2.51. The van der Waals surface area contributed by atoms with Crippen LogP contribution in [0.2, 0.25) is 0 Å². The van der Waals surface area contributed by atoms with E-state index in [9.17, 15) is 9.59 Å². The maximum atomic E-state index is 10.3. The molecule has 0 aromatic carbocycles. The average molecular weight is 162 g/mol. The summed E-state index contributed by atoms with van der Waals surface area (Å²) >= 11 is 0. The van der Waals surface area contributed by atoms with Gasteiger partial charge in [-0.25, -0.2) is 9.59 Å². The molecular weight excluding hydrogens is 156 g/mol. The zero-order chi connectivity index (χ0) is 8.85. The average Bonchev–Trinajstić information content (AvgIpc) is 2.02. The van der Waals surface area contributed by atoms with E-state index < -0.39 is 11.9 Å². The third-order valence-electron chi connectivity index (χ3n) is 0.829. The van der Waals surface area contributed by atoms with Crippen LogP contribution in [0.25, 0.3) is 0 Å². The highest BCUT2D eigenvalue weighted by molar-refractivity contribution is 5.95. The largest absolute Gasteiger partial charge is 0.368 e. The SMILES string of the molecule is C/C(=C/C(=O)OO)C(=O)OO. The molecule has 0 aliphatic rings. The highest BCUT2D eigenvalue weighted by atomic mass is 17.1. The Kier molecular flexibility index (Phi) is 3.86. The Morgan fingerprint density at radius 3 is 2.18 bits per heavy atom. The highest BCUT2D eigenvalue weighted by Gasteiger charge is 2.07. The van der Waals surface area contributed by atoms with Crippen LogP contribution in [0, 0.1) is 0 Å². The molecule has 0 rings (SSSR count). The first kappa shape index (κ1) is 9.60. The molecule has 0 aromatic rings. The maximum Gasteiger partial charge on any atom is 0.368 e. The summed E-state index contributed by atoms with van der Waals surface area (Å²) in [6.45, 7) is 1.20. The van der Waals surface area contributed by atoms with E-state index in [2.05, 4.69) is 9.78 Å². The number of hydrogen-bond acceptors (Lipinski definition) is 6. The van der Waals surface area contributed by atoms with Gasteiger partial charge < -0.3 is 0 Å². The second-order valence-electron chi connectivity index (χ2n) is 1.62. The van der Waals surface area contributed by atoms with E-state index in [-0.39, 0.29) is 5.57 Å². The molecule has 0 fully saturated rings. The summed E-state index contributed by atoms with van der Waals surface area (Å²) in [5, 5.41) is 15.5. The van der Waals surface area contributed by atoms with Gasteiger partial charge in [-0.05, 0) is 6.92 Å². The van der Waals surface area contributed by atoms with Crippen molar-refractivity contribution in [1.82, 2.24) is 0 Å². The molecule has 0 aromatic heterocycles. The van der Waals surface area contributed by atoms with Crippen molar-refractivity contribution < 1.29 is 29.9 Å². The van der Waals surface area contributed by atoms with E-state index in [4.69, 9.17) is 10.5 Å². The zero-order valence-corrected chi connectivity index (χ0v) is 5.60. The standard InChI is InChI=1S/C5H6O6/c1-3(5(7)11-9)2-4(6)10-8/h2,8-9H,1H3/b3-2-. The molecule has 0 spiro atoms. The Hall–Kier alpha value is -1.40. The van der Waals surface area contributed by atoms with Crippen molar-refractivity contribution in [3.63, 3.8) is 0 Å². The molecule has 0 aliphatic heterocycles. The molecule has 0 heterocycles. The monoisotopic (exact) mass is 162 g/mol. The Balaban J connectivity index is 4.21. The van der Waals surface area contributed by atoms with E-state index in [1.54, 1.807) is 0 Å². The minimum atomic E-state index is -1.12. The fourth-order valence-electron chi connectivity index (χ4n) is 0.334. The minimum absolute atomic E-state index is 0.188. The minimum Gasteiger partial charge on any atom is -0.296 e. The van der Waals surface area contributed by atoms with Gasteiger partial charge >= 0.3 is 11.9 Å². The molecule has 0 saturated carbocycles. The van der Waals surface area contributed by atoms with E-state index in [1.165, 1.54) is 6.92 Å². The smallest absolute Gasteiger partial charge is 0.296 e. The molecule has 0 unspecified atom stereocenters.